The van der Waals surface area contributed by atoms with Crippen molar-refractivity contribution in [3.05, 3.63) is 17.8 Å². The summed E-state index contributed by atoms with van der Waals surface area (Å²) >= 11 is 0. The van der Waals surface area contributed by atoms with Gasteiger partial charge in [-0.1, -0.05) is 0 Å². The second-order valence-corrected chi connectivity index (χ2v) is 3.18. The lowest BCUT2D eigenvalue weighted by molar-refractivity contribution is -0.131. The molecule has 0 aliphatic heterocycles. The molecule has 0 bridgehead atoms. The zero-order chi connectivity index (χ0) is 11.5. The van der Waals surface area contributed by atoms with E-state index in [2.05, 4.69) is 10.3 Å². The predicted molar refractivity (Wildman–Crippen MR) is 52.5 cm³/mol. The summed E-state index contributed by atoms with van der Waals surface area (Å²) in [5, 5.41) is 2.55. The van der Waals surface area contributed by atoms with Crippen molar-refractivity contribution in [2.45, 2.75) is 19.5 Å². The third-order valence-corrected chi connectivity index (χ3v) is 1.91. The lowest BCUT2D eigenvalue weighted by Crippen LogP contribution is -2.16. The number of hydrogen-bond acceptors (Lipinski definition) is 3. The summed E-state index contributed by atoms with van der Waals surface area (Å²) in [7, 11) is 0. The molecule has 0 fully saturated rings. The van der Waals surface area contributed by atoms with Gasteiger partial charge >= 0.3 is 6.18 Å². The summed E-state index contributed by atoms with van der Waals surface area (Å²) in [5.74, 6) is 0.305. The fourth-order valence-electron chi connectivity index (χ4n) is 1.03. The highest BCUT2D eigenvalue weighted by atomic mass is 19.4. The first-order valence-corrected chi connectivity index (χ1v) is 4.42. The Morgan fingerprint density at radius 1 is 1.47 bits per heavy atom. The Hall–Kier alpha value is -1.46. The van der Waals surface area contributed by atoms with E-state index in [1.165, 1.54) is 6.20 Å². The molecule has 0 aliphatic carbocycles. The largest absolute Gasteiger partial charge is 0.396 e. The van der Waals surface area contributed by atoms with Gasteiger partial charge in [0.15, 0.2) is 0 Å². The van der Waals surface area contributed by atoms with E-state index in [1.807, 2.05) is 0 Å². The van der Waals surface area contributed by atoms with Crippen molar-refractivity contribution in [1.82, 2.24) is 4.98 Å². The smallest absolute Gasteiger partial charge is 0.390 e. The molecule has 0 unspecified atom stereocenters. The van der Waals surface area contributed by atoms with E-state index in [9.17, 15) is 13.2 Å². The van der Waals surface area contributed by atoms with Crippen molar-refractivity contribution in [2.24, 2.45) is 0 Å². The van der Waals surface area contributed by atoms with Gasteiger partial charge in [0.2, 0.25) is 0 Å². The molecule has 0 saturated heterocycles. The van der Waals surface area contributed by atoms with E-state index in [4.69, 9.17) is 5.73 Å². The van der Waals surface area contributed by atoms with Crippen LogP contribution in [0.25, 0.3) is 0 Å². The van der Waals surface area contributed by atoms with Crippen molar-refractivity contribution in [1.29, 1.82) is 0 Å². The topological polar surface area (TPSA) is 50.9 Å². The van der Waals surface area contributed by atoms with Crippen molar-refractivity contribution in [3.63, 3.8) is 0 Å². The number of alkyl halides is 3. The number of aryl methyl sites for hydroxylation is 1. The maximum Gasteiger partial charge on any atom is 0.390 e. The van der Waals surface area contributed by atoms with Gasteiger partial charge in [-0.05, 0) is 18.6 Å². The second-order valence-electron chi connectivity index (χ2n) is 3.18. The van der Waals surface area contributed by atoms with Gasteiger partial charge in [-0.25, -0.2) is 4.98 Å². The highest BCUT2D eigenvalue weighted by Gasteiger charge is 2.26. The number of nitrogens with zero attached hydrogens (tertiary/aromatic N) is 1. The third kappa shape index (κ3) is 3.65. The fraction of sp³-hybridized carbons (Fsp3) is 0.444. The Bertz CT molecular complexity index is 336. The predicted octanol–water partition coefficient (Wildman–Crippen LogP) is 2.34. The first-order valence-electron chi connectivity index (χ1n) is 4.42. The van der Waals surface area contributed by atoms with Gasteiger partial charge in [-0.15, -0.1) is 0 Å². The average molecular weight is 219 g/mol. The SMILES string of the molecule is Cc1ccnc(NCCC(F)(F)F)c1N. The molecule has 84 valence electrons. The third-order valence-electron chi connectivity index (χ3n) is 1.91. The Morgan fingerprint density at radius 2 is 2.13 bits per heavy atom. The van der Waals surface area contributed by atoms with Crippen LogP contribution in [0.3, 0.4) is 0 Å². The van der Waals surface area contributed by atoms with Crippen LogP contribution in [-0.4, -0.2) is 17.7 Å². The Kier molecular flexibility index (Phi) is 3.39. The van der Waals surface area contributed by atoms with E-state index in [-0.39, 0.29) is 6.54 Å². The Morgan fingerprint density at radius 3 is 2.73 bits per heavy atom. The van der Waals surface area contributed by atoms with E-state index < -0.39 is 12.6 Å². The van der Waals surface area contributed by atoms with E-state index in [0.29, 0.717) is 11.5 Å². The number of nitrogens with one attached hydrogen (secondary N) is 1. The van der Waals surface area contributed by atoms with Crippen LogP contribution in [-0.2, 0) is 0 Å². The number of nitrogen functional groups attached to an aromatic ring is 1. The standard InChI is InChI=1S/C9H12F3N3/c1-6-2-4-14-8(7(6)13)15-5-3-9(10,11)12/h2,4H,3,5,13H2,1H3,(H,14,15). The molecule has 0 radical (unpaired) electrons. The van der Waals surface area contributed by atoms with Gasteiger partial charge in [-0.3, -0.25) is 0 Å². The fourth-order valence-corrected chi connectivity index (χ4v) is 1.03. The van der Waals surface area contributed by atoms with E-state index in [1.54, 1.807) is 13.0 Å². The van der Waals surface area contributed by atoms with Gasteiger partial charge < -0.3 is 11.1 Å². The van der Waals surface area contributed by atoms with Crippen LogP contribution in [0.2, 0.25) is 0 Å². The molecule has 0 aromatic carbocycles. The van der Waals surface area contributed by atoms with Crippen LogP contribution in [0.5, 0.6) is 0 Å². The summed E-state index contributed by atoms with van der Waals surface area (Å²) in [4.78, 5) is 3.86. The molecular formula is C9H12F3N3. The number of halogens is 3. The molecule has 3 nitrogen and oxygen atoms in total. The number of pyridine rings is 1. The maximum absolute atomic E-state index is 11.8. The molecule has 0 amide bonds. The first kappa shape index (κ1) is 11.6. The minimum absolute atomic E-state index is 0.218. The molecular weight excluding hydrogens is 207 g/mol. The zero-order valence-corrected chi connectivity index (χ0v) is 8.23. The van der Waals surface area contributed by atoms with Crippen molar-refractivity contribution < 1.29 is 13.2 Å². The van der Waals surface area contributed by atoms with Gasteiger partial charge in [0.25, 0.3) is 0 Å². The number of aromatic nitrogens is 1. The quantitative estimate of drug-likeness (QED) is 0.820. The van der Waals surface area contributed by atoms with Crippen molar-refractivity contribution in [3.8, 4) is 0 Å². The van der Waals surface area contributed by atoms with Crippen molar-refractivity contribution >= 4 is 11.5 Å². The average Bonchev–Trinajstić information content (AvgIpc) is 2.10. The number of nitrogens with two attached hydrogens (primary N) is 1. The normalized spacial score (nSPS) is 11.5. The molecule has 1 rings (SSSR count). The number of hydrogen-bond donors (Lipinski definition) is 2. The van der Waals surface area contributed by atoms with Gasteiger partial charge in [0.1, 0.15) is 5.82 Å². The molecule has 15 heavy (non-hydrogen) atoms. The Labute approximate surface area is 85.5 Å². The first-order chi connectivity index (χ1) is 6.90. The van der Waals surface area contributed by atoms with Crippen LogP contribution in [0.4, 0.5) is 24.7 Å². The summed E-state index contributed by atoms with van der Waals surface area (Å²) < 4.78 is 35.5. The summed E-state index contributed by atoms with van der Waals surface area (Å²) in [6.07, 6.45) is -3.56. The monoisotopic (exact) mass is 219 g/mol. The summed E-state index contributed by atoms with van der Waals surface area (Å²) in [6, 6.07) is 1.70. The minimum atomic E-state index is -4.16. The van der Waals surface area contributed by atoms with Crippen LogP contribution in [0, 0.1) is 6.92 Å². The van der Waals surface area contributed by atoms with Gasteiger partial charge in [-0.2, -0.15) is 13.2 Å². The molecule has 0 saturated carbocycles. The lowest BCUT2D eigenvalue weighted by Gasteiger charge is -2.10. The summed E-state index contributed by atoms with van der Waals surface area (Å²) in [5.41, 5.74) is 6.81. The molecule has 3 N–H and O–H groups in total. The van der Waals surface area contributed by atoms with Crippen LogP contribution < -0.4 is 11.1 Å². The molecule has 1 heterocycles. The molecule has 1 aromatic heterocycles. The molecule has 0 spiro atoms. The van der Waals surface area contributed by atoms with Crippen LogP contribution in [0.15, 0.2) is 12.3 Å². The highest BCUT2D eigenvalue weighted by molar-refractivity contribution is 5.64. The van der Waals surface area contributed by atoms with Gasteiger partial charge in [0.05, 0.1) is 12.1 Å². The Balaban J connectivity index is 2.55. The van der Waals surface area contributed by atoms with Crippen LogP contribution >= 0.6 is 0 Å². The van der Waals surface area contributed by atoms with E-state index >= 15 is 0 Å². The molecule has 1 aromatic rings. The van der Waals surface area contributed by atoms with Crippen LogP contribution in [0.1, 0.15) is 12.0 Å². The highest BCUT2D eigenvalue weighted by Crippen LogP contribution is 2.22. The summed E-state index contributed by atoms with van der Waals surface area (Å²) in [6.45, 7) is 1.55. The maximum atomic E-state index is 11.8. The molecule has 0 atom stereocenters. The van der Waals surface area contributed by atoms with Gasteiger partial charge in [0, 0.05) is 12.7 Å². The zero-order valence-electron chi connectivity index (χ0n) is 8.23. The molecule has 0 aliphatic rings. The molecule has 6 heteroatoms. The minimum Gasteiger partial charge on any atom is -0.396 e. The number of rotatable bonds is 3. The second kappa shape index (κ2) is 4.37. The van der Waals surface area contributed by atoms with Crippen molar-refractivity contribution in [2.75, 3.05) is 17.6 Å². The lowest BCUT2D eigenvalue weighted by atomic mass is 10.2. The number of anilines is 2. The van der Waals surface area contributed by atoms with E-state index in [0.717, 1.165) is 5.56 Å².